The first kappa shape index (κ1) is 15.3. The van der Waals surface area contributed by atoms with Crippen LogP contribution in [0.4, 0.5) is 0 Å². The summed E-state index contributed by atoms with van der Waals surface area (Å²) >= 11 is 0. The van der Waals surface area contributed by atoms with Crippen molar-refractivity contribution in [2.75, 3.05) is 20.3 Å². The first-order valence-electron chi connectivity index (χ1n) is 6.52. The van der Waals surface area contributed by atoms with E-state index in [4.69, 9.17) is 14.2 Å². The predicted octanol–water partition coefficient (Wildman–Crippen LogP) is 2.91. The average molecular weight is 266 g/mol. The summed E-state index contributed by atoms with van der Waals surface area (Å²) in [5, 5.41) is 0. The number of hydrogen-bond acceptors (Lipinski definition) is 4. The molecule has 0 aliphatic rings. The highest BCUT2D eigenvalue weighted by atomic mass is 16.5. The zero-order valence-electron chi connectivity index (χ0n) is 12.0. The van der Waals surface area contributed by atoms with Crippen molar-refractivity contribution in [2.45, 2.75) is 20.8 Å². The van der Waals surface area contributed by atoms with Crippen LogP contribution in [0.5, 0.6) is 11.5 Å². The van der Waals surface area contributed by atoms with Gasteiger partial charge in [0.15, 0.2) is 0 Å². The molecule has 0 aliphatic carbocycles. The zero-order chi connectivity index (χ0) is 14.3. The summed E-state index contributed by atoms with van der Waals surface area (Å²) in [6, 6.07) is 7.38. The van der Waals surface area contributed by atoms with Crippen LogP contribution < -0.4 is 9.47 Å². The Hall–Kier alpha value is -1.71. The van der Waals surface area contributed by atoms with Crippen molar-refractivity contribution in [3.63, 3.8) is 0 Å². The van der Waals surface area contributed by atoms with Gasteiger partial charge < -0.3 is 14.2 Å². The summed E-state index contributed by atoms with van der Waals surface area (Å²) in [5.41, 5.74) is 0. The Balaban J connectivity index is 2.44. The second-order valence-corrected chi connectivity index (χ2v) is 4.50. The maximum Gasteiger partial charge on any atom is 0.309 e. The van der Waals surface area contributed by atoms with E-state index in [1.165, 1.54) is 0 Å². The van der Waals surface area contributed by atoms with Crippen LogP contribution in [0.3, 0.4) is 0 Å². The molecule has 4 heteroatoms. The van der Waals surface area contributed by atoms with Crippen molar-refractivity contribution in [3.05, 3.63) is 24.3 Å². The van der Waals surface area contributed by atoms with E-state index in [-0.39, 0.29) is 17.8 Å². The smallest absolute Gasteiger partial charge is 0.309 e. The second-order valence-electron chi connectivity index (χ2n) is 4.50. The molecule has 0 amide bonds. The molecule has 1 aromatic rings. The maximum atomic E-state index is 11.6. The van der Waals surface area contributed by atoms with E-state index in [0.29, 0.717) is 13.2 Å². The molecule has 19 heavy (non-hydrogen) atoms. The molecule has 0 saturated carbocycles. The summed E-state index contributed by atoms with van der Waals surface area (Å²) in [5.74, 6) is 1.32. The summed E-state index contributed by atoms with van der Waals surface area (Å²) in [6.07, 6.45) is 0. The van der Waals surface area contributed by atoms with Gasteiger partial charge in [-0.2, -0.15) is 0 Å². The minimum absolute atomic E-state index is 0.0983. The first-order valence-corrected chi connectivity index (χ1v) is 6.52. The van der Waals surface area contributed by atoms with Gasteiger partial charge in [-0.3, -0.25) is 4.79 Å². The van der Waals surface area contributed by atoms with E-state index in [9.17, 15) is 4.79 Å². The van der Waals surface area contributed by atoms with Crippen molar-refractivity contribution in [1.29, 1.82) is 0 Å². The third kappa shape index (κ3) is 4.81. The van der Waals surface area contributed by atoms with Crippen LogP contribution >= 0.6 is 0 Å². The van der Waals surface area contributed by atoms with Crippen LogP contribution in [0.1, 0.15) is 20.8 Å². The lowest BCUT2D eigenvalue weighted by molar-refractivity contribution is -0.149. The Bertz CT molecular complexity index is 386. The number of methoxy groups -OCH3 is 1. The van der Waals surface area contributed by atoms with Crippen LogP contribution in [0.15, 0.2) is 24.3 Å². The van der Waals surface area contributed by atoms with Crippen molar-refractivity contribution in [3.8, 4) is 11.5 Å². The lowest BCUT2D eigenvalue weighted by atomic mass is 9.97. The van der Waals surface area contributed by atoms with Gasteiger partial charge in [-0.1, -0.05) is 13.8 Å². The molecule has 0 bridgehead atoms. The lowest BCUT2D eigenvalue weighted by Crippen LogP contribution is -2.25. The highest BCUT2D eigenvalue weighted by Crippen LogP contribution is 2.19. The molecule has 0 spiro atoms. The molecule has 1 rings (SSSR count). The van der Waals surface area contributed by atoms with Gasteiger partial charge in [0.1, 0.15) is 11.5 Å². The van der Waals surface area contributed by atoms with Crippen molar-refractivity contribution < 1.29 is 19.0 Å². The molecule has 0 heterocycles. The van der Waals surface area contributed by atoms with Gasteiger partial charge in [0, 0.05) is 5.92 Å². The van der Waals surface area contributed by atoms with Crippen LogP contribution in [0, 0.1) is 11.8 Å². The van der Waals surface area contributed by atoms with Crippen molar-refractivity contribution in [1.82, 2.24) is 0 Å². The summed E-state index contributed by atoms with van der Waals surface area (Å²) in [6.45, 7) is 6.54. The number of carbonyl (C=O) groups is 1. The third-order valence-electron chi connectivity index (χ3n) is 3.08. The van der Waals surface area contributed by atoms with Gasteiger partial charge in [0.25, 0.3) is 0 Å². The molecule has 4 nitrogen and oxygen atoms in total. The molecule has 2 atom stereocenters. The minimum atomic E-state index is -0.173. The average Bonchev–Trinajstić information content (AvgIpc) is 2.44. The molecule has 0 aromatic heterocycles. The maximum absolute atomic E-state index is 11.6. The largest absolute Gasteiger partial charge is 0.497 e. The van der Waals surface area contributed by atoms with Crippen LogP contribution in [0.2, 0.25) is 0 Å². The molecule has 2 unspecified atom stereocenters. The number of hydrogen-bond donors (Lipinski definition) is 0. The Morgan fingerprint density at radius 2 is 1.74 bits per heavy atom. The van der Waals surface area contributed by atoms with Crippen LogP contribution in [-0.2, 0) is 9.53 Å². The van der Waals surface area contributed by atoms with Gasteiger partial charge in [0.2, 0.25) is 0 Å². The lowest BCUT2D eigenvalue weighted by Gasteiger charge is -2.18. The number of rotatable bonds is 7. The summed E-state index contributed by atoms with van der Waals surface area (Å²) in [4.78, 5) is 11.6. The Morgan fingerprint density at radius 1 is 1.16 bits per heavy atom. The van der Waals surface area contributed by atoms with Gasteiger partial charge in [-0.25, -0.2) is 0 Å². The fourth-order valence-electron chi connectivity index (χ4n) is 1.55. The molecule has 0 aliphatic heterocycles. The summed E-state index contributed by atoms with van der Waals surface area (Å²) in [7, 11) is 1.62. The minimum Gasteiger partial charge on any atom is -0.497 e. The van der Waals surface area contributed by atoms with E-state index >= 15 is 0 Å². The van der Waals surface area contributed by atoms with Gasteiger partial charge in [0.05, 0.1) is 26.2 Å². The van der Waals surface area contributed by atoms with Crippen LogP contribution in [0.25, 0.3) is 0 Å². The Kier molecular flexibility index (Phi) is 6.19. The first-order chi connectivity index (χ1) is 9.08. The third-order valence-corrected chi connectivity index (χ3v) is 3.08. The quantitative estimate of drug-likeness (QED) is 0.712. The van der Waals surface area contributed by atoms with Gasteiger partial charge in [-0.05, 0) is 31.2 Å². The molecule has 0 fully saturated rings. The zero-order valence-corrected chi connectivity index (χ0v) is 12.0. The van der Waals surface area contributed by atoms with Crippen LogP contribution in [-0.4, -0.2) is 26.3 Å². The molecule has 106 valence electrons. The van der Waals surface area contributed by atoms with E-state index in [1.807, 2.05) is 45.0 Å². The Labute approximate surface area is 114 Å². The standard InChI is InChI=1S/C15H22O4/c1-5-18-15(16)12(3)11(2)10-19-14-8-6-13(17-4)7-9-14/h6-9,11-12H,5,10H2,1-4H3. The van der Waals surface area contributed by atoms with E-state index in [1.54, 1.807) is 7.11 Å². The molecular formula is C15H22O4. The van der Waals surface area contributed by atoms with Gasteiger partial charge in [-0.15, -0.1) is 0 Å². The molecule has 0 radical (unpaired) electrons. The highest BCUT2D eigenvalue weighted by Gasteiger charge is 2.21. The molecule has 1 aromatic carbocycles. The van der Waals surface area contributed by atoms with Crippen molar-refractivity contribution in [2.24, 2.45) is 11.8 Å². The number of carbonyl (C=O) groups excluding carboxylic acids is 1. The normalized spacial score (nSPS) is 13.5. The van der Waals surface area contributed by atoms with Gasteiger partial charge >= 0.3 is 5.97 Å². The van der Waals surface area contributed by atoms with Crippen molar-refractivity contribution >= 4 is 5.97 Å². The SMILES string of the molecule is CCOC(=O)C(C)C(C)COc1ccc(OC)cc1. The Morgan fingerprint density at radius 3 is 2.26 bits per heavy atom. The molecule has 0 N–H and O–H groups in total. The number of ether oxygens (including phenoxy) is 3. The summed E-state index contributed by atoms with van der Waals surface area (Å²) < 4.78 is 15.7. The fraction of sp³-hybridized carbons (Fsp3) is 0.533. The van der Waals surface area contributed by atoms with E-state index in [0.717, 1.165) is 11.5 Å². The predicted molar refractivity (Wildman–Crippen MR) is 73.5 cm³/mol. The fourth-order valence-corrected chi connectivity index (χ4v) is 1.55. The number of esters is 1. The molecular weight excluding hydrogens is 244 g/mol. The monoisotopic (exact) mass is 266 g/mol. The number of benzene rings is 1. The molecule has 0 saturated heterocycles. The topological polar surface area (TPSA) is 44.8 Å². The highest BCUT2D eigenvalue weighted by molar-refractivity contribution is 5.72. The van der Waals surface area contributed by atoms with E-state index < -0.39 is 0 Å². The van der Waals surface area contributed by atoms with E-state index in [2.05, 4.69) is 0 Å². The second kappa shape index (κ2) is 7.67.